The molecule has 0 aliphatic heterocycles. The van der Waals surface area contributed by atoms with Gasteiger partial charge in [-0.05, 0) is 30.7 Å². The van der Waals surface area contributed by atoms with Gasteiger partial charge in [0.1, 0.15) is 5.78 Å². The van der Waals surface area contributed by atoms with Gasteiger partial charge in [0.25, 0.3) is 0 Å². The second-order valence-electron chi connectivity index (χ2n) is 5.12. The van der Waals surface area contributed by atoms with Gasteiger partial charge >= 0.3 is 0 Å². The molecule has 0 radical (unpaired) electrons. The van der Waals surface area contributed by atoms with E-state index >= 15 is 0 Å². The van der Waals surface area contributed by atoms with Gasteiger partial charge < -0.3 is 9.88 Å². The number of benzene rings is 1. The molecule has 4 heteroatoms. The Bertz CT molecular complexity index is 657. The maximum absolute atomic E-state index is 11.8. The van der Waals surface area contributed by atoms with E-state index in [1.165, 1.54) is 0 Å². The molecule has 1 aliphatic carbocycles. The van der Waals surface area contributed by atoms with Gasteiger partial charge in [0.15, 0.2) is 5.78 Å². The van der Waals surface area contributed by atoms with Crippen molar-refractivity contribution in [2.24, 2.45) is 7.05 Å². The van der Waals surface area contributed by atoms with E-state index < -0.39 is 0 Å². The number of carbonyl (C=O) groups excluding carboxylic acids is 2. The minimum absolute atomic E-state index is 0.00408. The number of aromatic nitrogens is 1. The molecule has 0 bridgehead atoms. The van der Waals surface area contributed by atoms with Gasteiger partial charge in [-0.2, -0.15) is 0 Å². The first-order valence-electron chi connectivity index (χ1n) is 6.49. The molecule has 0 amide bonds. The highest BCUT2D eigenvalue weighted by atomic mass is 16.2. The molecule has 0 saturated heterocycles. The number of hydrogen-bond donors (Lipinski definition) is 1. The van der Waals surface area contributed by atoms with Crippen LogP contribution in [0.2, 0.25) is 0 Å². The van der Waals surface area contributed by atoms with E-state index in [0.717, 1.165) is 16.6 Å². The summed E-state index contributed by atoms with van der Waals surface area (Å²) in [5, 5.41) is 4.39. The number of Topliss-reactive ketones (excluding diaryl/α,β-unsaturated/α-hetero) is 2. The fraction of sp³-hybridized carbons (Fsp3) is 0.333. The van der Waals surface area contributed by atoms with Crippen molar-refractivity contribution in [1.29, 1.82) is 0 Å². The van der Waals surface area contributed by atoms with E-state index in [2.05, 4.69) is 9.88 Å². The molecular formula is C15H16N2O2. The van der Waals surface area contributed by atoms with Crippen molar-refractivity contribution in [2.45, 2.75) is 25.3 Å². The Hall–Kier alpha value is -2.10. The van der Waals surface area contributed by atoms with E-state index in [0.29, 0.717) is 12.8 Å². The zero-order chi connectivity index (χ0) is 13.4. The molecule has 1 saturated carbocycles. The molecule has 1 N–H and O–H groups in total. The summed E-state index contributed by atoms with van der Waals surface area (Å²) in [4.78, 5) is 23.0. The lowest BCUT2D eigenvalue weighted by Crippen LogP contribution is -2.35. The number of rotatable bonds is 2. The van der Waals surface area contributed by atoms with Crippen molar-refractivity contribution >= 4 is 28.2 Å². The molecule has 1 atom stereocenters. The molecule has 1 heterocycles. The van der Waals surface area contributed by atoms with Crippen LogP contribution in [0.1, 0.15) is 19.3 Å². The van der Waals surface area contributed by atoms with Gasteiger partial charge in [0.05, 0.1) is 12.5 Å². The van der Waals surface area contributed by atoms with Gasteiger partial charge in [-0.3, -0.25) is 9.59 Å². The first-order chi connectivity index (χ1) is 9.13. The summed E-state index contributed by atoms with van der Waals surface area (Å²) in [5.41, 5.74) is 2.10. The molecule has 98 valence electrons. The third-order valence-electron chi connectivity index (χ3n) is 3.70. The first kappa shape index (κ1) is 12.0. The van der Waals surface area contributed by atoms with Crippen LogP contribution in [0.3, 0.4) is 0 Å². The number of fused-ring (bicyclic) bond motifs is 1. The molecule has 2 aromatic rings. The van der Waals surface area contributed by atoms with E-state index in [1.807, 2.05) is 37.5 Å². The summed E-state index contributed by atoms with van der Waals surface area (Å²) in [6.45, 7) is 0. The maximum Gasteiger partial charge on any atom is 0.162 e. The summed E-state index contributed by atoms with van der Waals surface area (Å²) < 4.78 is 2.06. The summed E-state index contributed by atoms with van der Waals surface area (Å²) in [5.74, 6) is 0.0611. The lowest BCUT2D eigenvalue weighted by Gasteiger charge is -2.22. The highest BCUT2D eigenvalue weighted by Gasteiger charge is 2.26. The molecule has 1 aromatic heterocycles. The highest BCUT2D eigenvalue weighted by molar-refractivity contribution is 6.05. The van der Waals surface area contributed by atoms with E-state index in [9.17, 15) is 9.59 Å². The van der Waals surface area contributed by atoms with Gasteiger partial charge in [-0.1, -0.05) is 0 Å². The number of nitrogens with zero attached hydrogens (tertiary/aromatic N) is 1. The van der Waals surface area contributed by atoms with Crippen LogP contribution in [0, 0.1) is 0 Å². The molecule has 1 fully saturated rings. The molecule has 0 spiro atoms. The number of carbonyl (C=O) groups is 2. The second kappa shape index (κ2) is 4.53. The number of hydrogen-bond acceptors (Lipinski definition) is 3. The standard InChI is InChI=1S/C15H16N2O2/c1-17-7-6-10-8-11(2-5-14(10)17)16-13-4-3-12(18)9-15(13)19/h2,5-8,13,16H,3-4,9H2,1H3. The predicted molar refractivity (Wildman–Crippen MR) is 74.2 cm³/mol. The second-order valence-corrected chi connectivity index (χ2v) is 5.12. The zero-order valence-electron chi connectivity index (χ0n) is 10.8. The summed E-state index contributed by atoms with van der Waals surface area (Å²) >= 11 is 0. The fourth-order valence-corrected chi connectivity index (χ4v) is 2.60. The van der Waals surface area contributed by atoms with E-state index in [4.69, 9.17) is 0 Å². The van der Waals surface area contributed by atoms with Crippen molar-refractivity contribution in [2.75, 3.05) is 5.32 Å². The Morgan fingerprint density at radius 2 is 2.11 bits per heavy atom. The molecule has 4 nitrogen and oxygen atoms in total. The Labute approximate surface area is 111 Å². The first-order valence-corrected chi connectivity index (χ1v) is 6.49. The van der Waals surface area contributed by atoms with Gasteiger partial charge in [-0.15, -0.1) is 0 Å². The lowest BCUT2D eigenvalue weighted by atomic mass is 9.93. The van der Waals surface area contributed by atoms with Crippen LogP contribution in [0.15, 0.2) is 30.5 Å². The van der Waals surface area contributed by atoms with E-state index in [1.54, 1.807) is 0 Å². The average Bonchev–Trinajstić information content (AvgIpc) is 2.74. The van der Waals surface area contributed by atoms with Crippen LogP contribution in [-0.4, -0.2) is 22.2 Å². The van der Waals surface area contributed by atoms with Crippen molar-refractivity contribution in [3.63, 3.8) is 0 Å². The van der Waals surface area contributed by atoms with Crippen LogP contribution < -0.4 is 5.32 Å². The number of ketones is 2. The molecule has 3 rings (SSSR count). The smallest absolute Gasteiger partial charge is 0.162 e. The Balaban J connectivity index is 1.81. The SMILES string of the molecule is Cn1ccc2cc(NC3CCC(=O)CC3=O)ccc21. The van der Waals surface area contributed by atoms with Crippen molar-refractivity contribution in [3.05, 3.63) is 30.5 Å². The summed E-state index contributed by atoms with van der Waals surface area (Å²) in [6, 6.07) is 7.88. The van der Waals surface area contributed by atoms with Crippen LogP contribution >= 0.6 is 0 Å². The molecule has 19 heavy (non-hydrogen) atoms. The fourth-order valence-electron chi connectivity index (χ4n) is 2.60. The molecular weight excluding hydrogens is 240 g/mol. The Morgan fingerprint density at radius 1 is 1.26 bits per heavy atom. The number of anilines is 1. The molecule has 1 unspecified atom stereocenters. The summed E-state index contributed by atoms with van der Waals surface area (Å²) in [7, 11) is 2.01. The third-order valence-corrected chi connectivity index (χ3v) is 3.70. The van der Waals surface area contributed by atoms with Gasteiger partial charge in [0.2, 0.25) is 0 Å². The van der Waals surface area contributed by atoms with Crippen LogP contribution in [0.25, 0.3) is 10.9 Å². The van der Waals surface area contributed by atoms with Crippen LogP contribution in [0.5, 0.6) is 0 Å². The van der Waals surface area contributed by atoms with Crippen LogP contribution in [-0.2, 0) is 16.6 Å². The van der Waals surface area contributed by atoms with Crippen molar-refractivity contribution in [1.82, 2.24) is 4.57 Å². The molecule has 1 aromatic carbocycles. The van der Waals surface area contributed by atoms with Crippen molar-refractivity contribution < 1.29 is 9.59 Å². The monoisotopic (exact) mass is 256 g/mol. The largest absolute Gasteiger partial charge is 0.375 e. The average molecular weight is 256 g/mol. The third kappa shape index (κ3) is 2.26. The van der Waals surface area contributed by atoms with Crippen LogP contribution in [0.4, 0.5) is 5.69 Å². The molecule has 1 aliphatic rings. The zero-order valence-corrected chi connectivity index (χ0v) is 10.8. The number of aryl methyl sites for hydroxylation is 1. The van der Waals surface area contributed by atoms with Crippen molar-refractivity contribution in [3.8, 4) is 0 Å². The quantitative estimate of drug-likeness (QED) is 0.839. The minimum atomic E-state index is -0.223. The van der Waals surface area contributed by atoms with E-state index in [-0.39, 0.29) is 24.0 Å². The number of nitrogens with one attached hydrogen (secondary N) is 1. The summed E-state index contributed by atoms with van der Waals surface area (Å²) in [6.07, 6.45) is 3.19. The topological polar surface area (TPSA) is 51.1 Å². The lowest BCUT2D eigenvalue weighted by molar-refractivity contribution is -0.130. The highest BCUT2D eigenvalue weighted by Crippen LogP contribution is 2.22. The van der Waals surface area contributed by atoms with Gasteiger partial charge in [0, 0.05) is 36.3 Å². The predicted octanol–water partition coefficient (Wildman–Crippen LogP) is 2.28. The Kier molecular flexibility index (Phi) is 2.85. The minimum Gasteiger partial charge on any atom is -0.375 e. The normalized spacial score (nSPS) is 19.9. The maximum atomic E-state index is 11.8. The van der Waals surface area contributed by atoms with Gasteiger partial charge in [-0.25, -0.2) is 0 Å². The Morgan fingerprint density at radius 3 is 2.89 bits per heavy atom.